The number of benzene rings is 1. The molecule has 1 fully saturated rings. The Morgan fingerprint density at radius 2 is 2.04 bits per heavy atom. The third-order valence-corrected chi connectivity index (χ3v) is 5.00. The van der Waals surface area contributed by atoms with Crippen LogP contribution in [0, 0.1) is 5.92 Å². The summed E-state index contributed by atoms with van der Waals surface area (Å²) in [6.07, 6.45) is 2.98. The number of nitrogens with one attached hydrogen (secondary N) is 1. The first-order valence-electron chi connectivity index (χ1n) is 8.18. The molecule has 2 amide bonds. The molecule has 1 aliphatic carbocycles. The molecule has 1 N–H and O–H groups in total. The van der Waals surface area contributed by atoms with E-state index in [0.29, 0.717) is 11.4 Å². The van der Waals surface area contributed by atoms with Gasteiger partial charge in [-0.25, -0.2) is 0 Å². The van der Waals surface area contributed by atoms with E-state index >= 15 is 0 Å². The molecular formula is C18H22N2O4. The van der Waals surface area contributed by atoms with Gasteiger partial charge in [-0.1, -0.05) is 6.42 Å². The van der Waals surface area contributed by atoms with Gasteiger partial charge in [0, 0.05) is 17.3 Å². The van der Waals surface area contributed by atoms with E-state index in [1.165, 1.54) is 12.0 Å². The van der Waals surface area contributed by atoms with Gasteiger partial charge in [0.2, 0.25) is 11.8 Å². The first-order chi connectivity index (χ1) is 11.3. The fourth-order valence-corrected chi connectivity index (χ4v) is 3.18. The summed E-state index contributed by atoms with van der Waals surface area (Å²) in [6.45, 7) is 3.53. The zero-order chi connectivity index (χ0) is 17.5. The summed E-state index contributed by atoms with van der Waals surface area (Å²) >= 11 is 0. The molecule has 0 radical (unpaired) electrons. The lowest BCUT2D eigenvalue weighted by atomic mass is 9.84. The third-order valence-electron chi connectivity index (χ3n) is 5.00. The molecule has 0 bridgehead atoms. The van der Waals surface area contributed by atoms with Crippen LogP contribution in [0.5, 0.6) is 0 Å². The van der Waals surface area contributed by atoms with Crippen LogP contribution >= 0.6 is 0 Å². The smallest absolute Gasteiger partial charge is 0.325 e. The van der Waals surface area contributed by atoms with Crippen molar-refractivity contribution in [3.8, 4) is 0 Å². The van der Waals surface area contributed by atoms with Crippen molar-refractivity contribution in [2.75, 3.05) is 23.9 Å². The highest BCUT2D eigenvalue weighted by Crippen LogP contribution is 2.42. The molecule has 0 unspecified atom stereocenters. The number of hydrogen-bond donors (Lipinski definition) is 1. The van der Waals surface area contributed by atoms with Gasteiger partial charge in [0.1, 0.15) is 6.54 Å². The average Bonchev–Trinajstić information content (AvgIpc) is 2.66. The topological polar surface area (TPSA) is 75.7 Å². The molecule has 1 aromatic rings. The number of esters is 1. The standard InChI is InChI=1S/C18H22N2O4/c1-18(2)13-9-12(19-16(22)11-5-4-6-11)7-8-14(13)20(17(18)23)10-15(21)24-3/h7-9,11H,4-6,10H2,1-3H3,(H,19,22). The van der Waals surface area contributed by atoms with Gasteiger partial charge in [0.25, 0.3) is 0 Å². The van der Waals surface area contributed by atoms with Gasteiger partial charge in [-0.2, -0.15) is 0 Å². The third kappa shape index (κ3) is 2.66. The molecule has 6 nitrogen and oxygen atoms in total. The van der Waals surface area contributed by atoms with Crippen molar-refractivity contribution in [1.82, 2.24) is 0 Å². The van der Waals surface area contributed by atoms with Crippen molar-refractivity contribution < 1.29 is 19.1 Å². The molecular weight excluding hydrogens is 308 g/mol. The highest BCUT2D eigenvalue weighted by molar-refractivity contribution is 6.10. The Morgan fingerprint density at radius 1 is 1.33 bits per heavy atom. The van der Waals surface area contributed by atoms with Gasteiger partial charge in [-0.05, 0) is 50.5 Å². The van der Waals surface area contributed by atoms with Crippen molar-refractivity contribution >= 4 is 29.2 Å². The van der Waals surface area contributed by atoms with Gasteiger partial charge in [-0.15, -0.1) is 0 Å². The molecule has 1 heterocycles. The van der Waals surface area contributed by atoms with E-state index in [4.69, 9.17) is 0 Å². The van der Waals surface area contributed by atoms with E-state index in [1.54, 1.807) is 12.1 Å². The van der Waals surface area contributed by atoms with Crippen molar-refractivity contribution in [1.29, 1.82) is 0 Å². The largest absolute Gasteiger partial charge is 0.468 e. The SMILES string of the molecule is COC(=O)CN1C(=O)C(C)(C)c2cc(NC(=O)C3CCC3)ccc21. The Labute approximate surface area is 141 Å². The van der Waals surface area contributed by atoms with Crippen molar-refractivity contribution in [3.63, 3.8) is 0 Å². The van der Waals surface area contributed by atoms with Crippen molar-refractivity contribution in [3.05, 3.63) is 23.8 Å². The van der Waals surface area contributed by atoms with Crippen molar-refractivity contribution in [2.45, 2.75) is 38.5 Å². The Hall–Kier alpha value is -2.37. The number of hydrogen-bond acceptors (Lipinski definition) is 4. The summed E-state index contributed by atoms with van der Waals surface area (Å²) in [5.41, 5.74) is 1.44. The van der Waals surface area contributed by atoms with Crippen LogP contribution in [0.3, 0.4) is 0 Å². The Kier molecular flexibility index (Phi) is 4.07. The zero-order valence-electron chi connectivity index (χ0n) is 14.2. The molecule has 2 aliphatic rings. The van der Waals surface area contributed by atoms with Crippen LogP contribution in [0.1, 0.15) is 38.7 Å². The summed E-state index contributed by atoms with van der Waals surface area (Å²) in [7, 11) is 1.30. The maximum Gasteiger partial charge on any atom is 0.325 e. The zero-order valence-corrected chi connectivity index (χ0v) is 14.2. The predicted molar refractivity (Wildman–Crippen MR) is 89.8 cm³/mol. The van der Waals surface area contributed by atoms with E-state index in [-0.39, 0.29) is 24.3 Å². The van der Waals surface area contributed by atoms with Crippen LogP contribution in [0.2, 0.25) is 0 Å². The van der Waals surface area contributed by atoms with E-state index < -0.39 is 11.4 Å². The first-order valence-corrected chi connectivity index (χ1v) is 8.18. The first kappa shape index (κ1) is 16.5. The average molecular weight is 330 g/mol. The van der Waals surface area contributed by atoms with E-state index in [1.807, 2.05) is 19.9 Å². The molecule has 6 heteroatoms. The molecule has 3 rings (SSSR count). The molecule has 24 heavy (non-hydrogen) atoms. The number of methoxy groups -OCH3 is 1. The van der Waals surface area contributed by atoms with E-state index in [0.717, 1.165) is 24.8 Å². The second-order valence-electron chi connectivity index (χ2n) is 6.94. The minimum absolute atomic E-state index is 0.0368. The Bertz CT molecular complexity index is 707. The molecule has 1 aliphatic heterocycles. The quantitative estimate of drug-likeness (QED) is 0.859. The van der Waals surface area contributed by atoms with Crippen LogP contribution < -0.4 is 10.2 Å². The minimum atomic E-state index is -0.749. The number of rotatable bonds is 4. The lowest BCUT2D eigenvalue weighted by Gasteiger charge is -2.24. The minimum Gasteiger partial charge on any atom is -0.468 e. The van der Waals surface area contributed by atoms with Gasteiger partial charge in [0.05, 0.1) is 12.5 Å². The Balaban J connectivity index is 1.87. The van der Waals surface area contributed by atoms with Crippen LogP contribution in [0.4, 0.5) is 11.4 Å². The van der Waals surface area contributed by atoms with Crippen LogP contribution in [0.15, 0.2) is 18.2 Å². The highest BCUT2D eigenvalue weighted by atomic mass is 16.5. The second-order valence-corrected chi connectivity index (χ2v) is 6.94. The lowest BCUT2D eigenvalue weighted by molar-refractivity contribution is -0.140. The summed E-state index contributed by atoms with van der Waals surface area (Å²) < 4.78 is 4.68. The lowest BCUT2D eigenvalue weighted by Crippen LogP contribution is -2.39. The maximum atomic E-state index is 12.7. The molecule has 0 saturated heterocycles. The summed E-state index contributed by atoms with van der Waals surface area (Å²) in [5, 5.41) is 2.93. The Morgan fingerprint density at radius 3 is 2.62 bits per heavy atom. The normalized spacial score (nSPS) is 18.8. The molecule has 1 saturated carbocycles. The summed E-state index contributed by atoms with van der Waals surface area (Å²) in [6, 6.07) is 5.39. The number of fused-ring (bicyclic) bond motifs is 1. The summed E-state index contributed by atoms with van der Waals surface area (Å²) in [4.78, 5) is 37.8. The van der Waals surface area contributed by atoms with Crippen molar-refractivity contribution in [2.24, 2.45) is 5.92 Å². The molecule has 0 spiro atoms. The van der Waals surface area contributed by atoms with Crippen LogP contribution in [-0.2, 0) is 24.5 Å². The maximum absolute atomic E-state index is 12.7. The fourth-order valence-electron chi connectivity index (χ4n) is 3.18. The van der Waals surface area contributed by atoms with E-state index in [9.17, 15) is 14.4 Å². The van der Waals surface area contributed by atoms with Gasteiger partial charge in [-0.3, -0.25) is 14.4 Å². The monoisotopic (exact) mass is 330 g/mol. The summed E-state index contributed by atoms with van der Waals surface area (Å²) in [5.74, 6) is -0.474. The molecule has 0 aromatic heterocycles. The molecule has 1 aromatic carbocycles. The predicted octanol–water partition coefficient (Wildman–Crippen LogP) is 2.22. The number of carbonyl (C=O) groups excluding carboxylic acids is 3. The molecule has 0 atom stereocenters. The number of amides is 2. The number of anilines is 2. The van der Waals surface area contributed by atoms with Crippen LogP contribution in [0.25, 0.3) is 0 Å². The fraction of sp³-hybridized carbons (Fsp3) is 0.500. The van der Waals surface area contributed by atoms with Crippen LogP contribution in [-0.4, -0.2) is 31.4 Å². The van der Waals surface area contributed by atoms with Gasteiger partial charge < -0.3 is 15.0 Å². The van der Waals surface area contributed by atoms with Gasteiger partial charge in [0.15, 0.2) is 0 Å². The number of nitrogens with zero attached hydrogens (tertiary/aromatic N) is 1. The van der Waals surface area contributed by atoms with Gasteiger partial charge >= 0.3 is 5.97 Å². The number of ether oxygens (including phenoxy) is 1. The highest BCUT2D eigenvalue weighted by Gasteiger charge is 2.44. The molecule has 128 valence electrons. The number of carbonyl (C=O) groups is 3. The van der Waals surface area contributed by atoms with E-state index in [2.05, 4.69) is 10.1 Å². The second kappa shape index (κ2) is 5.92.